The smallest absolute Gasteiger partial charge is 0.257 e. The molecule has 6 nitrogen and oxygen atoms in total. The summed E-state index contributed by atoms with van der Waals surface area (Å²) >= 11 is 3.44. The molecule has 3 aromatic rings. The molecule has 1 aromatic carbocycles. The van der Waals surface area contributed by atoms with Crippen molar-refractivity contribution in [3.63, 3.8) is 0 Å². The van der Waals surface area contributed by atoms with Gasteiger partial charge in [0, 0.05) is 28.0 Å². The Kier molecular flexibility index (Phi) is 4.61. The highest BCUT2D eigenvalue weighted by Crippen LogP contribution is 2.23. The molecule has 0 aliphatic rings. The number of carbonyl (C=O) groups is 1. The maximum Gasteiger partial charge on any atom is 0.257 e. The Morgan fingerprint density at radius 2 is 1.96 bits per heavy atom. The number of hydrogen-bond donors (Lipinski definition) is 2. The molecule has 1 amide bonds. The van der Waals surface area contributed by atoms with Crippen LogP contribution in [-0.2, 0) is 0 Å². The van der Waals surface area contributed by atoms with Gasteiger partial charge < -0.3 is 15.2 Å². The Hall–Kier alpha value is -2.67. The number of pyridine rings is 1. The number of nitrogens with one attached hydrogen (secondary N) is 2. The molecule has 3 rings (SSSR count). The van der Waals surface area contributed by atoms with Gasteiger partial charge in [-0.25, -0.2) is 4.98 Å². The van der Waals surface area contributed by atoms with Crippen LogP contribution >= 0.6 is 15.9 Å². The van der Waals surface area contributed by atoms with Crippen LogP contribution in [-0.4, -0.2) is 16.0 Å². The molecular weight excluding hydrogens is 372 g/mol. The van der Waals surface area contributed by atoms with Gasteiger partial charge >= 0.3 is 0 Å². The number of anilines is 3. The fourth-order valence-electron chi connectivity index (χ4n) is 2.16. The number of rotatable bonds is 4. The fourth-order valence-corrected chi connectivity index (χ4v) is 2.63. The van der Waals surface area contributed by atoms with Crippen LogP contribution in [0, 0.1) is 13.8 Å². The van der Waals surface area contributed by atoms with E-state index >= 15 is 0 Å². The Morgan fingerprint density at radius 1 is 1.12 bits per heavy atom. The first-order valence-electron chi connectivity index (χ1n) is 7.25. The van der Waals surface area contributed by atoms with Gasteiger partial charge in [-0.3, -0.25) is 4.79 Å². The van der Waals surface area contributed by atoms with Crippen molar-refractivity contribution >= 4 is 39.2 Å². The van der Waals surface area contributed by atoms with Crippen LogP contribution < -0.4 is 10.6 Å². The molecule has 0 saturated heterocycles. The Labute approximate surface area is 147 Å². The lowest BCUT2D eigenvalue weighted by Gasteiger charge is -2.10. The summed E-state index contributed by atoms with van der Waals surface area (Å²) in [7, 11) is 0. The summed E-state index contributed by atoms with van der Waals surface area (Å²) in [6.45, 7) is 3.76. The predicted molar refractivity (Wildman–Crippen MR) is 95.6 cm³/mol. The van der Waals surface area contributed by atoms with Crippen LogP contribution in [0.2, 0.25) is 0 Å². The Bertz CT molecular complexity index is 892. The first kappa shape index (κ1) is 16.2. The maximum absolute atomic E-state index is 12.3. The number of amides is 1. The van der Waals surface area contributed by atoms with Gasteiger partial charge in [-0.05, 0) is 49.7 Å². The molecule has 0 radical (unpaired) electrons. The van der Waals surface area contributed by atoms with Gasteiger partial charge in [-0.1, -0.05) is 21.1 Å². The van der Waals surface area contributed by atoms with E-state index in [0.717, 1.165) is 15.7 Å². The molecule has 0 aliphatic carbocycles. The number of benzene rings is 1. The maximum atomic E-state index is 12.3. The molecule has 24 heavy (non-hydrogen) atoms. The highest BCUT2D eigenvalue weighted by molar-refractivity contribution is 9.10. The van der Waals surface area contributed by atoms with E-state index in [1.165, 1.54) is 0 Å². The van der Waals surface area contributed by atoms with Gasteiger partial charge in [0.15, 0.2) is 5.82 Å². The molecule has 122 valence electrons. The molecular formula is C17H15BrN4O2. The van der Waals surface area contributed by atoms with Crippen molar-refractivity contribution in [2.24, 2.45) is 0 Å². The lowest BCUT2D eigenvalue weighted by Crippen LogP contribution is -2.12. The first-order chi connectivity index (χ1) is 11.5. The molecule has 0 atom stereocenters. The van der Waals surface area contributed by atoms with E-state index in [1.807, 2.05) is 25.1 Å². The first-order valence-corrected chi connectivity index (χ1v) is 8.04. The highest BCUT2D eigenvalue weighted by Gasteiger charge is 2.10. The number of nitrogens with zero attached hydrogens (tertiary/aromatic N) is 2. The van der Waals surface area contributed by atoms with E-state index in [2.05, 4.69) is 36.7 Å². The SMILES string of the molecule is Cc1cc(NC(=O)c2ccnc(Nc3ccc(Br)cc3C)c2)no1. The molecule has 2 heterocycles. The second kappa shape index (κ2) is 6.84. The van der Waals surface area contributed by atoms with Gasteiger partial charge in [0.2, 0.25) is 0 Å². The number of carbonyl (C=O) groups excluding carboxylic acids is 1. The van der Waals surface area contributed by atoms with E-state index in [0.29, 0.717) is 23.0 Å². The van der Waals surface area contributed by atoms with Crippen LogP contribution in [0.4, 0.5) is 17.3 Å². The Balaban J connectivity index is 1.77. The minimum Gasteiger partial charge on any atom is -0.360 e. The molecule has 7 heteroatoms. The molecule has 2 N–H and O–H groups in total. The monoisotopic (exact) mass is 386 g/mol. The predicted octanol–water partition coefficient (Wildman–Crippen LogP) is 4.44. The zero-order valence-electron chi connectivity index (χ0n) is 13.1. The summed E-state index contributed by atoms with van der Waals surface area (Å²) in [6.07, 6.45) is 1.58. The van der Waals surface area contributed by atoms with Gasteiger partial charge in [0.25, 0.3) is 5.91 Å². The minimum atomic E-state index is -0.277. The van der Waals surface area contributed by atoms with E-state index in [-0.39, 0.29) is 5.91 Å². The third kappa shape index (κ3) is 3.80. The number of hydrogen-bond acceptors (Lipinski definition) is 5. The van der Waals surface area contributed by atoms with Crippen molar-refractivity contribution in [2.45, 2.75) is 13.8 Å². The summed E-state index contributed by atoms with van der Waals surface area (Å²) in [6, 6.07) is 10.9. The fraction of sp³-hybridized carbons (Fsp3) is 0.118. The molecule has 0 unspecified atom stereocenters. The largest absolute Gasteiger partial charge is 0.360 e. The van der Waals surface area contributed by atoms with Crippen molar-refractivity contribution in [3.05, 3.63) is 64.0 Å². The van der Waals surface area contributed by atoms with E-state index in [4.69, 9.17) is 4.52 Å². The van der Waals surface area contributed by atoms with Crippen LogP contribution in [0.15, 0.2) is 51.6 Å². The normalized spacial score (nSPS) is 10.5. The quantitative estimate of drug-likeness (QED) is 0.692. The van der Waals surface area contributed by atoms with E-state index in [1.54, 1.807) is 31.3 Å². The van der Waals surface area contributed by atoms with Crippen LogP contribution in [0.25, 0.3) is 0 Å². The van der Waals surface area contributed by atoms with Crippen LogP contribution in [0.3, 0.4) is 0 Å². The second-order valence-corrected chi connectivity index (χ2v) is 6.21. The van der Waals surface area contributed by atoms with Gasteiger partial charge in [-0.2, -0.15) is 0 Å². The number of aryl methyl sites for hydroxylation is 2. The average molecular weight is 387 g/mol. The molecule has 2 aromatic heterocycles. The van der Waals surface area contributed by atoms with Crippen molar-refractivity contribution < 1.29 is 9.32 Å². The number of halogens is 1. The summed E-state index contributed by atoms with van der Waals surface area (Å²) in [5, 5.41) is 9.65. The zero-order chi connectivity index (χ0) is 17.1. The topological polar surface area (TPSA) is 80.0 Å². The third-order valence-electron chi connectivity index (χ3n) is 3.34. The van der Waals surface area contributed by atoms with E-state index < -0.39 is 0 Å². The van der Waals surface area contributed by atoms with Crippen molar-refractivity contribution in [3.8, 4) is 0 Å². The van der Waals surface area contributed by atoms with Crippen molar-refractivity contribution in [1.82, 2.24) is 10.1 Å². The van der Waals surface area contributed by atoms with Crippen LogP contribution in [0.1, 0.15) is 21.7 Å². The van der Waals surface area contributed by atoms with E-state index in [9.17, 15) is 4.79 Å². The van der Waals surface area contributed by atoms with Crippen molar-refractivity contribution in [1.29, 1.82) is 0 Å². The summed E-state index contributed by atoms with van der Waals surface area (Å²) in [5.74, 6) is 1.33. The third-order valence-corrected chi connectivity index (χ3v) is 3.84. The number of aromatic nitrogens is 2. The second-order valence-electron chi connectivity index (χ2n) is 5.29. The van der Waals surface area contributed by atoms with Gasteiger partial charge in [-0.15, -0.1) is 0 Å². The standard InChI is InChI=1S/C17H15BrN4O2/c1-10-7-13(18)3-4-14(10)20-15-9-12(5-6-19-15)17(23)21-16-8-11(2)24-22-16/h3-9H,1-2H3,(H,19,20)(H,21,22,23). The summed E-state index contributed by atoms with van der Waals surface area (Å²) in [4.78, 5) is 16.5. The van der Waals surface area contributed by atoms with Gasteiger partial charge in [0.1, 0.15) is 11.6 Å². The molecule has 0 spiro atoms. The molecule has 0 saturated carbocycles. The molecule has 0 aliphatic heterocycles. The molecule has 0 bridgehead atoms. The highest BCUT2D eigenvalue weighted by atomic mass is 79.9. The van der Waals surface area contributed by atoms with Crippen LogP contribution in [0.5, 0.6) is 0 Å². The van der Waals surface area contributed by atoms with Gasteiger partial charge in [0.05, 0.1) is 0 Å². The minimum absolute atomic E-state index is 0.277. The zero-order valence-corrected chi connectivity index (χ0v) is 14.7. The van der Waals surface area contributed by atoms with Crippen molar-refractivity contribution in [2.75, 3.05) is 10.6 Å². The molecule has 0 fully saturated rings. The lowest BCUT2D eigenvalue weighted by atomic mass is 10.2. The summed E-state index contributed by atoms with van der Waals surface area (Å²) in [5.41, 5.74) is 2.47. The Morgan fingerprint density at radius 3 is 2.67 bits per heavy atom. The average Bonchev–Trinajstić information content (AvgIpc) is 2.95. The summed E-state index contributed by atoms with van der Waals surface area (Å²) < 4.78 is 5.94. The lowest BCUT2D eigenvalue weighted by molar-refractivity contribution is 0.102.